The Hall–Kier alpha value is -1.67. The fraction of sp³-hybridized carbons (Fsp3) is 0.520. The molecule has 1 saturated heterocycles. The molecule has 2 aromatic carbocycles. The number of halogens is 1. The van der Waals surface area contributed by atoms with Crippen LogP contribution in [0, 0.1) is 23.7 Å². The van der Waals surface area contributed by atoms with Crippen molar-refractivity contribution in [1.29, 1.82) is 0 Å². The summed E-state index contributed by atoms with van der Waals surface area (Å²) in [6.07, 6.45) is -3.74. The average Bonchev–Trinajstić information content (AvgIpc) is 3.62. The zero-order chi connectivity index (χ0) is 22.1. The van der Waals surface area contributed by atoms with E-state index >= 15 is 0 Å². The SMILES string of the molecule is OCC1OC(c2ccc(Cl)c(Cc3ccc(OC4CC5C6C4C56)cc3)c2)C(O)C(O)C1O. The first-order valence-electron chi connectivity index (χ1n) is 11.3. The average molecular weight is 459 g/mol. The molecule has 4 saturated carbocycles. The van der Waals surface area contributed by atoms with Crippen LogP contribution in [0.5, 0.6) is 5.75 Å². The van der Waals surface area contributed by atoms with Gasteiger partial charge in [-0.15, -0.1) is 0 Å². The fourth-order valence-corrected chi connectivity index (χ4v) is 6.15. The number of hydrogen-bond acceptors (Lipinski definition) is 6. The van der Waals surface area contributed by atoms with Crippen LogP contribution in [0.1, 0.15) is 29.2 Å². The van der Waals surface area contributed by atoms with E-state index in [-0.39, 0.29) is 0 Å². The number of ether oxygens (including phenoxy) is 2. The molecule has 2 aromatic rings. The predicted molar refractivity (Wildman–Crippen MR) is 116 cm³/mol. The van der Waals surface area contributed by atoms with Gasteiger partial charge in [0, 0.05) is 10.9 Å². The van der Waals surface area contributed by atoms with Crippen LogP contribution in [-0.2, 0) is 11.2 Å². The van der Waals surface area contributed by atoms with Gasteiger partial charge in [0.1, 0.15) is 42.4 Å². The van der Waals surface area contributed by atoms with E-state index in [0.29, 0.717) is 23.1 Å². The van der Waals surface area contributed by atoms with Crippen molar-refractivity contribution in [2.75, 3.05) is 6.61 Å². The molecule has 5 fully saturated rings. The van der Waals surface area contributed by atoms with Crippen molar-refractivity contribution in [3.8, 4) is 5.75 Å². The fourth-order valence-electron chi connectivity index (χ4n) is 5.97. The molecule has 1 heterocycles. The highest BCUT2D eigenvalue weighted by Gasteiger charge is 2.81. The molecule has 0 aromatic heterocycles. The second kappa shape index (κ2) is 7.69. The third kappa shape index (κ3) is 3.36. The highest BCUT2D eigenvalue weighted by Crippen LogP contribution is 2.82. The first-order valence-corrected chi connectivity index (χ1v) is 11.7. The highest BCUT2D eigenvalue weighted by molar-refractivity contribution is 6.31. The van der Waals surface area contributed by atoms with Gasteiger partial charge in [0.05, 0.1) is 6.61 Å². The molecular formula is C25H27ClO6. The molecule has 8 unspecified atom stereocenters. The minimum atomic E-state index is -1.41. The summed E-state index contributed by atoms with van der Waals surface area (Å²) in [5.74, 6) is 4.60. The highest BCUT2D eigenvalue weighted by atomic mass is 35.5. The van der Waals surface area contributed by atoms with Crippen LogP contribution in [-0.4, -0.2) is 57.6 Å². The monoisotopic (exact) mass is 458 g/mol. The van der Waals surface area contributed by atoms with E-state index in [1.54, 1.807) is 12.1 Å². The van der Waals surface area contributed by atoms with Gasteiger partial charge in [-0.3, -0.25) is 0 Å². The molecule has 0 amide bonds. The Kier molecular flexibility index (Phi) is 5.02. The number of hydrogen-bond donors (Lipinski definition) is 4. The summed E-state index contributed by atoms with van der Waals surface area (Å²) < 4.78 is 11.9. The van der Waals surface area contributed by atoms with Crippen molar-refractivity contribution in [2.45, 2.75) is 49.5 Å². The van der Waals surface area contributed by atoms with Gasteiger partial charge < -0.3 is 29.9 Å². The molecule has 1 aliphatic heterocycles. The molecule has 0 radical (unpaired) electrons. The van der Waals surface area contributed by atoms with Crippen LogP contribution in [0.4, 0.5) is 0 Å². The molecule has 5 aliphatic rings. The van der Waals surface area contributed by atoms with Crippen molar-refractivity contribution in [2.24, 2.45) is 23.7 Å². The summed E-state index contributed by atoms with van der Waals surface area (Å²) >= 11 is 6.44. The molecule has 32 heavy (non-hydrogen) atoms. The molecule has 8 atom stereocenters. The normalized spacial score (nSPS) is 41.3. The van der Waals surface area contributed by atoms with Crippen molar-refractivity contribution >= 4 is 11.6 Å². The van der Waals surface area contributed by atoms with Crippen LogP contribution in [0.2, 0.25) is 5.02 Å². The van der Waals surface area contributed by atoms with Crippen molar-refractivity contribution in [3.63, 3.8) is 0 Å². The van der Waals surface area contributed by atoms with E-state index in [1.807, 2.05) is 30.3 Å². The Morgan fingerprint density at radius 1 is 0.938 bits per heavy atom. The zero-order valence-corrected chi connectivity index (χ0v) is 18.2. The van der Waals surface area contributed by atoms with E-state index in [1.165, 1.54) is 6.42 Å². The number of aliphatic hydroxyl groups excluding tert-OH is 4. The van der Waals surface area contributed by atoms with Crippen LogP contribution < -0.4 is 4.74 Å². The standard InChI is InChI=1S/C25H27ClO6/c26-16-6-3-12(25-24(30)23(29)22(28)18(10-27)32-25)8-13(16)7-11-1-4-14(5-2-11)31-17-9-15-19-20(15)21(17)19/h1-6,8,15,17-25,27-30H,7,9-10H2. The van der Waals surface area contributed by atoms with Crippen LogP contribution in [0.3, 0.4) is 0 Å². The molecule has 0 spiro atoms. The summed E-state index contributed by atoms with van der Waals surface area (Å²) in [4.78, 5) is 0. The van der Waals surface area contributed by atoms with Gasteiger partial charge in [0.15, 0.2) is 0 Å². The number of rotatable bonds is 6. The molecule has 6 nitrogen and oxygen atoms in total. The first-order chi connectivity index (χ1) is 15.5. The summed E-state index contributed by atoms with van der Waals surface area (Å²) in [5, 5.41) is 40.6. The van der Waals surface area contributed by atoms with E-state index < -0.39 is 37.1 Å². The van der Waals surface area contributed by atoms with E-state index in [2.05, 4.69) is 0 Å². The van der Waals surface area contributed by atoms with Crippen LogP contribution >= 0.6 is 11.6 Å². The van der Waals surface area contributed by atoms with Gasteiger partial charge in [-0.2, -0.15) is 0 Å². The smallest absolute Gasteiger partial charge is 0.119 e. The Balaban J connectivity index is 1.16. The lowest BCUT2D eigenvalue weighted by Gasteiger charge is -2.40. The lowest BCUT2D eigenvalue weighted by molar-refractivity contribution is -0.231. The van der Waals surface area contributed by atoms with Crippen molar-refractivity contribution in [3.05, 3.63) is 64.2 Å². The van der Waals surface area contributed by atoms with E-state index in [4.69, 9.17) is 21.1 Å². The quantitative estimate of drug-likeness (QED) is 0.529. The van der Waals surface area contributed by atoms with Gasteiger partial charge in [0.2, 0.25) is 0 Å². The largest absolute Gasteiger partial charge is 0.490 e. The van der Waals surface area contributed by atoms with Crippen molar-refractivity contribution < 1.29 is 29.9 Å². The Morgan fingerprint density at radius 2 is 1.69 bits per heavy atom. The molecular weight excluding hydrogens is 432 g/mol. The van der Waals surface area contributed by atoms with Crippen LogP contribution in [0.15, 0.2) is 42.5 Å². The maximum atomic E-state index is 10.4. The molecule has 4 N–H and O–H groups in total. The van der Waals surface area contributed by atoms with Gasteiger partial charge in [-0.05, 0) is 65.5 Å². The Bertz CT molecular complexity index is 993. The van der Waals surface area contributed by atoms with E-state index in [0.717, 1.165) is 40.5 Å². The lowest BCUT2D eigenvalue weighted by atomic mass is 9.90. The number of fused-ring (bicyclic) bond motifs is 1. The lowest BCUT2D eigenvalue weighted by Crippen LogP contribution is -2.55. The third-order valence-electron chi connectivity index (χ3n) is 7.87. The summed E-state index contributed by atoms with van der Waals surface area (Å²) in [6.45, 7) is -0.458. The van der Waals surface area contributed by atoms with Gasteiger partial charge in [-0.1, -0.05) is 35.9 Å². The molecule has 2 bridgehead atoms. The molecule has 7 rings (SSSR count). The van der Waals surface area contributed by atoms with Gasteiger partial charge in [0.25, 0.3) is 0 Å². The second-order valence-electron chi connectivity index (χ2n) is 9.71. The third-order valence-corrected chi connectivity index (χ3v) is 8.24. The maximum absolute atomic E-state index is 10.4. The topological polar surface area (TPSA) is 99.4 Å². The summed E-state index contributed by atoms with van der Waals surface area (Å²) in [5.41, 5.74) is 2.56. The number of aliphatic hydroxyl groups is 4. The first kappa shape index (κ1) is 20.9. The molecule has 170 valence electrons. The van der Waals surface area contributed by atoms with Crippen LogP contribution in [0.25, 0.3) is 0 Å². The minimum Gasteiger partial charge on any atom is -0.490 e. The summed E-state index contributed by atoms with van der Waals surface area (Å²) in [7, 11) is 0. The van der Waals surface area contributed by atoms with Gasteiger partial charge in [-0.25, -0.2) is 0 Å². The Labute approximate surface area is 191 Å². The van der Waals surface area contributed by atoms with Gasteiger partial charge >= 0.3 is 0 Å². The summed E-state index contributed by atoms with van der Waals surface area (Å²) in [6, 6.07) is 13.4. The van der Waals surface area contributed by atoms with E-state index in [9.17, 15) is 20.4 Å². The molecule has 4 aliphatic carbocycles. The minimum absolute atomic E-state index is 0.394. The number of benzene rings is 2. The Morgan fingerprint density at radius 3 is 2.34 bits per heavy atom. The van der Waals surface area contributed by atoms with Crippen molar-refractivity contribution in [1.82, 2.24) is 0 Å². The zero-order valence-electron chi connectivity index (χ0n) is 17.4. The predicted octanol–water partition coefficient (Wildman–Crippen LogP) is 2.09. The molecule has 7 heteroatoms. The second-order valence-corrected chi connectivity index (χ2v) is 10.1. The maximum Gasteiger partial charge on any atom is 0.119 e.